The van der Waals surface area contributed by atoms with Crippen LogP contribution in [-0.4, -0.2) is 64.9 Å². The van der Waals surface area contributed by atoms with Gasteiger partial charge in [-0.3, -0.25) is 19.4 Å². The lowest BCUT2D eigenvalue weighted by Crippen LogP contribution is -2.50. The minimum absolute atomic E-state index is 0.0711. The molecule has 2 aliphatic rings. The second-order valence-corrected chi connectivity index (χ2v) is 8.56. The van der Waals surface area contributed by atoms with Crippen LogP contribution in [0.3, 0.4) is 0 Å². The second kappa shape index (κ2) is 8.65. The van der Waals surface area contributed by atoms with E-state index in [1.165, 1.54) is 11.1 Å². The van der Waals surface area contributed by atoms with Crippen molar-refractivity contribution < 1.29 is 4.79 Å². The fourth-order valence-corrected chi connectivity index (χ4v) is 4.78. The molecule has 5 rings (SSSR count). The van der Waals surface area contributed by atoms with Gasteiger partial charge in [0.05, 0.1) is 13.1 Å². The Bertz CT molecular complexity index is 1130. The van der Waals surface area contributed by atoms with Crippen LogP contribution in [0.4, 0.5) is 0 Å². The number of hydrogen-bond acceptors (Lipinski definition) is 4. The zero-order valence-electron chi connectivity index (χ0n) is 17.7. The highest BCUT2D eigenvalue weighted by molar-refractivity contribution is 5.86. The van der Waals surface area contributed by atoms with E-state index in [1.54, 1.807) is 0 Å². The third kappa shape index (κ3) is 4.27. The summed E-state index contributed by atoms with van der Waals surface area (Å²) in [6, 6.07) is 18.3. The quantitative estimate of drug-likeness (QED) is 0.709. The van der Waals surface area contributed by atoms with Gasteiger partial charge in [0.2, 0.25) is 5.91 Å². The maximum Gasteiger partial charge on any atom is 0.256 e. The first kappa shape index (κ1) is 20.0. The molecular weight excluding hydrogens is 388 g/mol. The maximum atomic E-state index is 13.0. The predicted octanol–water partition coefficient (Wildman–Crippen LogP) is 2.23. The van der Waals surface area contributed by atoms with E-state index in [2.05, 4.69) is 39.0 Å². The van der Waals surface area contributed by atoms with Gasteiger partial charge < -0.3 is 9.88 Å². The van der Waals surface area contributed by atoms with Gasteiger partial charge in [-0.05, 0) is 29.0 Å². The molecule has 6 nitrogen and oxygen atoms in total. The van der Waals surface area contributed by atoms with Crippen LogP contribution in [0.25, 0.3) is 10.8 Å². The van der Waals surface area contributed by atoms with Crippen molar-refractivity contribution in [1.29, 1.82) is 0 Å². The molecule has 3 heterocycles. The monoisotopic (exact) mass is 416 g/mol. The lowest BCUT2D eigenvalue weighted by Gasteiger charge is -2.36. The van der Waals surface area contributed by atoms with E-state index in [9.17, 15) is 9.59 Å². The number of benzene rings is 2. The Labute approximate surface area is 182 Å². The van der Waals surface area contributed by atoms with E-state index >= 15 is 0 Å². The van der Waals surface area contributed by atoms with E-state index in [0.717, 1.165) is 55.6 Å². The predicted molar refractivity (Wildman–Crippen MR) is 122 cm³/mol. The molecule has 1 N–H and O–H groups in total. The molecule has 2 aromatic carbocycles. The van der Waals surface area contributed by atoms with Crippen molar-refractivity contribution in [2.45, 2.75) is 19.5 Å². The molecular formula is C25H28N4O2. The van der Waals surface area contributed by atoms with Crippen LogP contribution in [-0.2, 0) is 24.3 Å². The minimum atomic E-state index is -0.0711. The average molecular weight is 417 g/mol. The third-order valence-corrected chi connectivity index (χ3v) is 6.53. The molecule has 0 atom stereocenters. The Morgan fingerprint density at radius 3 is 2.29 bits per heavy atom. The van der Waals surface area contributed by atoms with E-state index in [1.807, 2.05) is 35.2 Å². The standard InChI is InChI=1S/C25H28N4O2/c30-24(18-28-14-12-27(13-15-28)16-19-6-2-1-3-7-19)29-11-10-21-20-8-4-5-9-22(20)25(31)26-23(21)17-29/h1-9H,10-18H2,(H,26,31). The number of piperazine rings is 1. The summed E-state index contributed by atoms with van der Waals surface area (Å²) in [5, 5.41) is 1.75. The minimum Gasteiger partial charge on any atom is -0.335 e. The number of nitrogens with one attached hydrogen (secondary N) is 1. The van der Waals surface area contributed by atoms with Gasteiger partial charge in [0.15, 0.2) is 0 Å². The number of fused-ring (bicyclic) bond motifs is 3. The smallest absolute Gasteiger partial charge is 0.256 e. The van der Waals surface area contributed by atoms with Gasteiger partial charge in [0.25, 0.3) is 5.56 Å². The Balaban J connectivity index is 1.18. The van der Waals surface area contributed by atoms with Crippen LogP contribution < -0.4 is 5.56 Å². The molecule has 1 saturated heterocycles. The van der Waals surface area contributed by atoms with E-state index in [-0.39, 0.29) is 11.5 Å². The van der Waals surface area contributed by atoms with Crippen molar-refractivity contribution in [3.63, 3.8) is 0 Å². The first-order valence-corrected chi connectivity index (χ1v) is 11.1. The Hall–Kier alpha value is -2.96. The van der Waals surface area contributed by atoms with Crippen molar-refractivity contribution >= 4 is 16.7 Å². The summed E-state index contributed by atoms with van der Waals surface area (Å²) in [4.78, 5) is 35.0. The number of hydrogen-bond donors (Lipinski definition) is 1. The Morgan fingerprint density at radius 1 is 0.839 bits per heavy atom. The molecule has 0 aliphatic carbocycles. The zero-order chi connectivity index (χ0) is 21.2. The summed E-state index contributed by atoms with van der Waals surface area (Å²) in [6.45, 7) is 6.38. The van der Waals surface area contributed by atoms with Gasteiger partial charge in [0.1, 0.15) is 0 Å². The third-order valence-electron chi connectivity index (χ3n) is 6.53. The number of H-pyrrole nitrogens is 1. The van der Waals surface area contributed by atoms with Gasteiger partial charge in [-0.2, -0.15) is 0 Å². The number of nitrogens with zero attached hydrogens (tertiary/aromatic N) is 3. The van der Waals surface area contributed by atoms with Gasteiger partial charge >= 0.3 is 0 Å². The molecule has 0 radical (unpaired) electrons. The van der Waals surface area contributed by atoms with Crippen molar-refractivity contribution in [1.82, 2.24) is 19.7 Å². The Kier molecular flexibility index (Phi) is 5.57. The van der Waals surface area contributed by atoms with Crippen LogP contribution in [0, 0.1) is 0 Å². The first-order chi connectivity index (χ1) is 15.2. The van der Waals surface area contributed by atoms with Crippen molar-refractivity contribution in [3.8, 4) is 0 Å². The van der Waals surface area contributed by atoms with Gasteiger partial charge in [-0.25, -0.2) is 0 Å². The summed E-state index contributed by atoms with van der Waals surface area (Å²) >= 11 is 0. The number of aromatic nitrogens is 1. The molecule has 0 saturated carbocycles. The summed E-state index contributed by atoms with van der Waals surface area (Å²) in [7, 11) is 0. The molecule has 2 aliphatic heterocycles. The van der Waals surface area contributed by atoms with Gasteiger partial charge in [-0.1, -0.05) is 48.5 Å². The summed E-state index contributed by atoms with van der Waals surface area (Å²) < 4.78 is 0. The lowest BCUT2D eigenvalue weighted by molar-refractivity contribution is -0.133. The van der Waals surface area contributed by atoms with Crippen molar-refractivity contribution in [2.75, 3.05) is 39.3 Å². The summed E-state index contributed by atoms with van der Waals surface area (Å²) in [5.74, 6) is 0.149. The zero-order valence-corrected chi connectivity index (χ0v) is 17.7. The topological polar surface area (TPSA) is 59.7 Å². The van der Waals surface area contributed by atoms with E-state index in [4.69, 9.17) is 0 Å². The van der Waals surface area contributed by atoms with Crippen LogP contribution in [0.2, 0.25) is 0 Å². The number of pyridine rings is 1. The highest BCUT2D eigenvalue weighted by Crippen LogP contribution is 2.24. The number of aromatic amines is 1. The molecule has 0 unspecified atom stereocenters. The van der Waals surface area contributed by atoms with Crippen molar-refractivity contribution in [2.24, 2.45) is 0 Å². The van der Waals surface area contributed by atoms with E-state index < -0.39 is 0 Å². The molecule has 0 bridgehead atoms. The van der Waals surface area contributed by atoms with Crippen LogP contribution in [0.1, 0.15) is 16.8 Å². The number of carbonyl (C=O) groups excluding carboxylic acids is 1. The second-order valence-electron chi connectivity index (χ2n) is 8.56. The van der Waals surface area contributed by atoms with Crippen LogP contribution in [0.5, 0.6) is 0 Å². The Morgan fingerprint density at radius 2 is 1.52 bits per heavy atom. The molecule has 0 spiro atoms. The van der Waals surface area contributed by atoms with Crippen molar-refractivity contribution in [3.05, 3.63) is 81.8 Å². The van der Waals surface area contributed by atoms with Gasteiger partial charge in [0, 0.05) is 50.3 Å². The largest absolute Gasteiger partial charge is 0.335 e. The van der Waals surface area contributed by atoms with Gasteiger partial charge in [-0.15, -0.1) is 0 Å². The van der Waals surface area contributed by atoms with Crippen LogP contribution in [0.15, 0.2) is 59.4 Å². The average Bonchev–Trinajstić information content (AvgIpc) is 2.81. The lowest BCUT2D eigenvalue weighted by atomic mass is 9.98. The number of amides is 1. The molecule has 1 amide bonds. The SMILES string of the molecule is O=C(CN1CCN(Cc2ccccc2)CC1)N1CCc2c([nH]c(=O)c3ccccc23)C1. The highest BCUT2D eigenvalue weighted by Gasteiger charge is 2.26. The molecule has 31 heavy (non-hydrogen) atoms. The molecule has 3 aromatic rings. The molecule has 1 fully saturated rings. The fourth-order valence-electron chi connectivity index (χ4n) is 4.78. The molecule has 1 aromatic heterocycles. The maximum absolute atomic E-state index is 13.0. The number of rotatable bonds is 4. The molecule has 160 valence electrons. The highest BCUT2D eigenvalue weighted by atomic mass is 16.2. The molecule has 6 heteroatoms. The number of carbonyl (C=O) groups is 1. The first-order valence-electron chi connectivity index (χ1n) is 11.1. The summed E-state index contributed by atoms with van der Waals surface area (Å²) in [6.07, 6.45) is 0.781. The van der Waals surface area contributed by atoms with Crippen LogP contribution >= 0.6 is 0 Å². The summed E-state index contributed by atoms with van der Waals surface area (Å²) in [5.41, 5.74) is 3.32. The van der Waals surface area contributed by atoms with E-state index in [0.29, 0.717) is 19.6 Å². The normalized spacial score (nSPS) is 17.6. The fraction of sp³-hybridized carbons (Fsp3) is 0.360.